The zero-order valence-electron chi connectivity index (χ0n) is 9.79. The molecule has 0 amide bonds. The lowest BCUT2D eigenvalue weighted by Gasteiger charge is -2.11. The number of hydrogen-bond acceptors (Lipinski definition) is 1. The summed E-state index contributed by atoms with van der Waals surface area (Å²) >= 11 is 3.54. The first-order valence-corrected chi connectivity index (χ1v) is 6.42. The summed E-state index contributed by atoms with van der Waals surface area (Å²) in [4.78, 5) is 4.34. The molecule has 0 fully saturated rings. The van der Waals surface area contributed by atoms with E-state index in [0.717, 1.165) is 11.0 Å². The molecule has 1 heterocycles. The summed E-state index contributed by atoms with van der Waals surface area (Å²) in [6.07, 6.45) is 1.89. The van der Waals surface area contributed by atoms with Crippen LogP contribution in [0.3, 0.4) is 0 Å². The number of hydrogen-bond donors (Lipinski definition) is 0. The van der Waals surface area contributed by atoms with Crippen LogP contribution in [0.25, 0.3) is 5.69 Å². The third-order valence-electron chi connectivity index (χ3n) is 2.89. The van der Waals surface area contributed by atoms with Gasteiger partial charge in [0.2, 0.25) is 0 Å². The van der Waals surface area contributed by atoms with Gasteiger partial charge in [0.05, 0.1) is 17.7 Å². The van der Waals surface area contributed by atoms with Crippen LogP contribution >= 0.6 is 15.9 Å². The topological polar surface area (TPSA) is 17.8 Å². The Morgan fingerprint density at radius 1 is 1.25 bits per heavy atom. The summed E-state index contributed by atoms with van der Waals surface area (Å²) in [5, 5.41) is 0.862. The molecule has 0 aliphatic carbocycles. The van der Waals surface area contributed by atoms with Gasteiger partial charge >= 0.3 is 0 Å². The van der Waals surface area contributed by atoms with Gasteiger partial charge in [0, 0.05) is 11.0 Å². The summed E-state index contributed by atoms with van der Waals surface area (Å²) in [5.41, 5.74) is 6.07. The van der Waals surface area contributed by atoms with E-state index in [2.05, 4.69) is 57.5 Å². The molecule has 1 aromatic carbocycles. The van der Waals surface area contributed by atoms with Crippen molar-refractivity contribution in [2.24, 2.45) is 0 Å². The summed E-state index contributed by atoms with van der Waals surface area (Å²) < 4.78 is 2.14. The smallest absolute Gasteiger partial charge is 0.0997 e. The molecule has 0 aliphatic heterocycles. The maximum absolute atomic E-state index is 4.34. The predicted octanol–water partition coefficient (Wildman–Crippen LogP) is 3.69. The standard InChI is InChI=1S/C13H15BrN2/c1-9-4-5-13(12(6-9)7-14)16-8-15-10(2)11(16)3/h4-6,8H,7H2,1-3H3. The van der Waals surface area contributed by atoms with E-state index in [9.17, 15) is 0 Å². The second-order valence-electron chi connectivity index (χ2n) is 4.05. The lowest BCUT2D eigenvalue weighted by atomic mass is 10.1. The lowest BCUT2D eigenvalue weighted by Crippen LogP contribution is -1.99. The van der Waals surface area contributed by atoms with Crippen LogP contribution in [0.4, 0.5) is 0 Å². The molecular weight excluding hydrogens is 264 g/mol. The molecule has 0 unspecified atom stereocenters. The molecule has 0 saturated carbocycles. The number of aromatic nitrogens is 2. The Kier molecular flexibility index (Phi) is 3.15. The highest BCUT2D eigenvalue weighted by Gasteiger charge is 2.08. The maximum Gasteiger partial charge on any atom is 0.0997 e. The van der Waals surface area contributed by atoms with Crippen molar-refractivity contribution in [3.63, 3.8) is 0 Å². The van der Waals surface area contributed by atoms with Gasteiger partial charge in [-0.2, -0.15) is 0 Å². The first kappa shape index (κ1) is 11.4. The Morgan fingerprint density at radius 2 is 2.00 bits per heavy atom. The Morgan fingerprint density at radius 3 is 2.56 bits per heavy atom. The Labute approximate surface area is 104 Å². The van der Waals surface area contributed by atoms with Crippen molar-refractivity contribution in [2.75, 3.05) is 0 Å². The van der Waals surface area contributed by atoms with Crippen molar-refractivity contribution < 1.29 is 0 Å². The summed E-state index contributed by atoms with van der Waals surface area (Å²) in [7, 11) is 0. The van der Waals surface area contributed by atoms with Gasteiger partial charge in [-0.3, -0.25) is 0 Å². The average molecular weight is 279 g/mol. The number of benzene rings is 1. The van der Waals surface area contributed by atoms with E-state index in [-0.39, 0.29) is 0 Å². The quantitative estimate of drug-likeness (QED) is 0.766. The van der Waals surface area contributed by atoms with E-state index in [4.69, 9.17) is 0 Å². The highest BCUT2D eigenvalue weighted by atomic mass is 79.9. The van der Waals surface area contributed by atoms with Crippen LogP contribution in [-0.2, 0) is 5.33 Å². The lowest BCUT2D eigenvalue weighted by molar-refractivity contribution is 0.984. The third kappa shape index (κ3) is 1.92. The van der Waals surface area contributed by atoms with E-state index in [1.807, 2.05) is 13.3 Å². The van der Waals surface area contributed by atoms with Crippen LogP contribution in [0.1, 0.15) is 22.5 Å². The van der Waals surface area contributed by atoms with Crippen molar-refractivity contribution in [1.82, 2.24) is 9.55 Å². The summed E-state index contributed by atoms with van der Waals surface area (Å²) in [6, 6.07) is 6.50. The molecule has 84 valence electrons. The van der Waals surface area contributed by atoms with Gasteiger partial charge in [-0.1, -0.05) is 33.6 Å². The van der Waals surface area contributed by atoms with Gasteiger partial charge in [0.15, 0.2) is 0 Å². The predicted molar refractivity (Wildman–Crippen MR) is 70.4 cm³/mol. The van der Waals surface area contributed by atoms with E-state index < -0.39 is 0 Å². The van der Waals surface area contributed by atoms with Crippen molar-refractivity contribution in [1.29, 1.82) is 0 Å². The van der Waals surface area contributed by atoms with Gasteiger partial charge in [0.1, 0.15) is 0 Å². The van der Waals surface area contributed by atoms with Gasteiger partial charge < -0.3 is 4.57 Å². The fraction of sp³-hybridized carbons (Fsp3) is 0.308. The average Bonchev–Trinajstić information content (AvgIpc) is 2.60. The fourth-order valence-electron chi connectivity index (χ4n) is 1.80. The molecule has 2 nitrogen and oxygen atoms in total. The zero-order valence-corrected chi connectivity index (χ0v) is 11.4. The monoisotopic (exact) mass is 278 g/mol. The SMILES string of the molecule is Cc1ccc(-n2cnc(C)c2C)c(CBr)c1. The van der Waals surface area contributed by atoms with Crippen molar-refractivity contribution >= 4 is 15.9 Å². The van der Waals surface area contributed by atoms with Crippen molar-refractivity contribution in [2.45, 2.75) is 26.1 Å². The molecule has 0 bridgehead atoms. The Hall–Kier alpha value is -1.09. The van der Waals surface area contributed by atoms with E-state index in [1.54, 1.807) is 0 Å². The van der Waals surface area contributed by atoms with E-state index >= 15 is 0 Å². The molecule has 1 aromatic heterocycles. The molecule has 0 aliphatic rings. The molecule has 0 N–H and O–H groups in total. The number of nitrogens with zero attached hydrogens (tertiary/aromatic N) is 2. The molecule has 2 aromatic rings. The van der Waals surface area contributed by atoms with Crippen LogP contribution in [0.15, 0.2) is 24.5 Å². The van der Waals surface area contributed by atoms with Gasteiger partial charge in [0.25, 0.3) is 0 Å². The molecule has 0 atom stereocenters. The highest BCUT2D eigenvalue weighted by Crippen LogP contribution is 2.21. The van der Waals surface area contributed by atoms with Crippen molar-refractivity contribution in [3.05, 3.63) is 47.0 Å². The number of alkyl halides is 1. The number of rotatable bonds is 2. The molecule has 16 heavy (non-hydrogen) atoms. The largest absolute Gasteiger partial charge is 0.303 e. The third-order valence-corrected chi connectivity index (χ3v) is 3.49. The van der Waals surface area contributed by atoms with Crippen LogP contribution in [0.2, 0.25) is 0 Å². The number of halogens is 1. The van der Waals surface area contributed by atoms with Crippen molar-refractivity contribution in [3.8, 4) is 5.69 Å². The minimum absolute atomic E-state index is 0.862. The van der Waals surface area contributed by atoms with Gasteiger partial charge in [-0.05, 0) is 32.4 Å². The van der Waals surface area contributed by atoms with Crippen LogP contribution < -0.4 is 0 Å². The minimum atomic E-state index is 0.862. The zero-order chi connectivity index (χ0) is 11.7. The minimum Gasteiger partial charge on any atom is -0.303 e. The fourth-order valence-corrected chi connectivity index (χ4v) is 2.25. The molecule has 0 saturated heterocycles. The molecule has 2 rings (SSSR count). The van der Waals surface area contributed by atoms with Crippen LogP contribution in [0, 0.1) is 20.8 Å². The first-order valence-electron chi connectivity index (χ1n) is 5.30. The molecular formula is C13H15BrN2. The van der Waals surface area contributed by atoms with Crippen LogP contribution in [0.5, 0.6) is 0 Å². The van der Waals surface area contributed by atoms with Gasteiger partial charge in [-0.15, -0.1) is 0 Å². The summed E-state index contributed by atoms with van der Waals surface area (Å²) in [5.74, 6) is 0. The first-order chi connectivity index (χ1) is 7.63. The van der Waals surface area contributed by atoms with E-state index in [0.29, 0.717) is 0 Å². The normalized spacial score (nSPS) is 10.8. The van der Waals surface area contributed by atoms with Crippen LogP contribution in [-0.4, -0.2) is 9.55 Å². The molecule has 0 radical (unpaired) electrons. The Balaban J connectivity index is 2.59. The number of aryl methyl sites for hydroxylation is 2. The maximum atomic E-state index is 4.34. The summed E-state index contributed by atoms with van der Waals surface area (Å²) in [6.45, 7) is 6.25. The molecule has 0 spiro atoms. The second-order valence-corrected chi connectivity index (χ2v) is 4.61. The Bertz CT molecular complexity index is 515. The van der Waals surface area contributed by atoms with Gasteiger partial charge in [-0.25, -0.2) is 4.98 Å². The molecule has 3 heteroatoms. The second kappa shape index (κ2) is 4.42. The highest BCUT2D eigenvalue weighted by molar-refractivity contribution is 9.08. The van der Waals surface area contributed by atoms with E-state index in [1.165, 1.54) is 22.5 Å². The number of imidazole rings is 1.